The van der Waals surface area contributed by atoms with E-state index in [1.807, 2.05) is 19.2 Å². The van der Waals surface area contributed by atoms with Crippen LogP contribution in [0.4, 0.5) is 0 Å². The smallest absolute Gasteiger partial charge is 0.101 e. The van der Waals surface area contributed by atoms with Gasteiger partial charge in [-0.15, -0.1) is 0 Å². The number of pyridine rings is 1. The Hall–Kier alpha value is -1.66. The fourth-order valence-corrected chi connectivity index (χ4v) is 2.82. The lowest BCUT2D eigenvalue weighted by Gasteiger charge is -2.07. The molecule has 0 radical (unpaired) electrons. The number of hydrogen-bond donors (Lipinski definition) is 1. The Labute approximate surface area is 101 Å². The maximum Gasteiger partial charge on any atom is 0.101 e. The highest BCUT2D eigenvalue weighted by Crippen LogP contribution is 2.38. The minimum absolute atomic E-state index is 0.678. The molecular formula is C14H15N3. The Balaban J connectivity index is 1.93. The van der Waals surface area contributed by atoms with E-state index in [2.05, 4.69) is 22.4 Å². The van der Waals surface area contributed by atoms with Gasteiger partial charge in [-0.05, 0) is 48.9 Å². The molecule has 2 aliphatic rings. The van der Waals surface area contributed by atoms with E-state index in [0.717, 1.165) is 36.7 Å². The minimum Gasteiger partial charge on any atom is -0.316 e. The second-order valence-corrected chi connectivity index (χ2v) is 4.95. The van der Waals surface area contributed by atoms with Gasteiger partial charge in [-0.25, -0.2) is 0 Å². The van der Waals surface area contributed by atoms with Crippen LogP contribution in [0, 0.1) is 30.1 Å². The third-order valence-corrected chi connectivity index (χ3v) is 3.87. The van der Waals surface area contributed by atoms with Crippen LogP contribution in [0.5, 0.6) is 0 Å². The molecule has 17 heavy (non-hydrogen) atoms. The van der Waals surface area contributed by atoms with Crippen molar-refractivity contribution in [1.82, 2.24) is 10.3 Å². The maximum absolute atomic E-state index is 9.03. The summed E-state index contributed by atoms with van der Waals surface area (Å²) in [5, 5.41) is 12.4. The Morgan fingerprint density at radius 2 is 2.35 bits per heavy atom. The van der Waals surface area contributed by atoms with E-state index in [0.29, 0.717) is 11.5 Å². The molecule has 0 unspecified atom stereocenters. The summed E-state index contributed by atoms with van der Waals surface area (Å²) in [5.74, 6) is 1.42. The van der Waals surface area contributed by atoms with Gasteiger partial charge in [-0.1, -0.05) is 6.08 Å². The minimum atomic E-state index is 0.678. The zero-order chi connectivity index (χ0) is 11.8. The van der Waals surface area contributed by atoms with E-state index in [1.54, 1.807) is 0 Å². The number of nitrogens with one attached hydrogen (secondary N) is 1. The molecule has 1 aliphatic heterocycles. The average Bonchev–Trinajstić information content (AvgIpc) is 2.90. The number of aryl methyl sites for hydroxylation is 1. The summed E-state index contributed by atoms with van der Waals surface area (Å²) in [5.41, 5.74) is 4.00. The highest BCUT2D eigenvalue weighted by molar-refractivity contribution is 5.69. The van der Waals surface area contributed by atoms with Crippen LogP contribution < -0.4 is 5.32 Å². The zero-order valence-electron chi connectivity index (χ0n) is 9.90. The van der Waals surface area contributed by atoms with Crippen LogP contribution in [0.15, 0.2) is 18.3 Å². The van der Waals surface area contributed by atoms with Gasteiger partial charge in [0.05, 0.1) is 11.3 Å². The predicted octanol–water partition coefficient (Wildman–Crippen LogP) is 1.88. The molecule has 0 bridgehead atoms. The summed E-state index contributed by atoms with van der Waals surface area (Å²) in [6.07, 6.45) is 5.38. The molecule has 86 valence electrons. The highest BCUT2D eigenvalue weighted by atomic mass is 14.9. The van der Waals surface area contributed by atoms with Crippen molar-refractivity contribution in [2.24, 2.45) is 11.8 Å². The van der Waals surface area contributed by atoms with E-state index in [4.69, 9.17) is 5.26 Å². The van der Waals surface area contributed by atoms with Crippen molar-refractivity contribution in [2.75, 3.05) is 13.1 Å². The lowest BCUT2D eigenvalue weighted by molar-refractivity contribution is 0.536. The monoisotopic (exact) mass is 225 g/mol. The fraction of sp³-hybridized carbons (Fsp3) is 0.429. The number of allylic oxidation sites excluding steroid dienone is 1. The summed E-state index contributed by atoms with van der Waals surface area (Å²) in [6, 6.07) is 4.18. The summed E-state index contributed by atoms with van der Waals surface area (Å²) >= 11 is 0. The number of fused-ring (bicyclic) bond motifs is 1. The standard InChI is InChI=1S/C14H15N3/c1-9-11(5-15)4-14(8-17-9)10-2-12-6-16-7-13(12)3-10/h2,4,8,12-13,16H,3,6-7H2,1H3/t12-,13+/m1/s1. The Kier molecular flexibility index (Phi) is 2.45. The van der Waals surface area contributed by atoms with E-state index in [9.17, 15) is 0 Å². The van der Waals surface area contributed by atoms with Gasteiger partial charge in [0.15, 0.2) is 0 Å². The van der Waals surface area contributed by atoms with Crippen molar-refractivity contribution in [3.05, 3.63) is 35.2 Å². The zero-order valence-corrected chi connectivity index (χ0v) is 9.90. The SMILES string of the molecule is Cc1ncc(C2=C[C@@H]3CNC[C@@H]3C2)cc1C#N. The van der Waals surface area contributed by atoms with Gasteiger partial charge >= 0.3 is 0 Å². The van der Waals surface area contributed by atoms with Gasteiger partial charge in [0, 0.05) is 12.7 Å². The van der Waals surface area contributed by atoms with Gasteiger partial charge in [0.25, 0.3) is 0 Å². The number of hydrogen-bond acceptors (Lipinski definition) is 3. The third kappa shape index (κ3) is 1.75. The van der Waals surface area contributed by atoms with Crippen LogP contribution in [0.3, 0.4) is 0 Å². The lowest BCUT2D eigenvalue weighted by atomic mass is 9.98. The van der Waals surface area contributed by atoms with Gasteiger partial charge in [0.1, 0.15) is 6.07 Å². The number of nitriles is 1. The Morgan fingerprint density at radius 3 is 3.12 bits per heavy atom. The first kappa shape index (κ1) is 10.5. The second kappa shape index (κ2) is 3.97. The van der Waals surface area contributed by atoms with Crippen LogP contribution in [-0.2, 0) is 0 Å². The highest BCUT2D eigenvalue weighted by Gasteiger charge is 2.31. The molecular weight excluding hydrogens is 210 g/mol. The van der Waals surface area contributed by atoms with E-state index in [1.165, 1.54) is 5.57 Å². The number of aromatic nitrogens is 1. The fourth-order valence-electron chi connectivity index (χ4n) is 2.82. The molecule has 0 spiro atoms. The van der Waals surface area contributed by atoms with E-state index >= 15 is 0 Å². The summed E-state index contributed by atoms with van der Waals surface area (Å²) in [4.78, 5) is 4.31. The first-order valence-electron chi connectivity index (χ1n) is 6.06. The average molecular weight is 225 g/mol. The summed E-state index contributed by atoms with van der Waals surface area (Å²) in [6.45, 7) is 4.09. The first-order valence-corrected chi connectivity index (χ1v) is 6.06. The van der Waals surface area contributed by atoms with Crippen LogP contribution in [0.25, 0.3) is 5.57 Å². The topological polar surface area (TPSA) is 48.7 Å². The molecule has 1 aliphatic carbocycles. The number of nitrogens with zero attached hydrogens (tertiary/aromatic N) is 2. The lowest BCUT2D eigenvalue weighted by Crippen LogP contribution is -2.09. The molecule has 3 rings (SSSR count). The normalized spacial score (nSPS) is 26.5. The van der Waals surface area contributed by atoms with E-state index in [-0.39, 0.29) is 0 Å². The van der Waals surface area contributed by atoms with Crippen molar-refractivity contribution in [2.45, 2.75) is 13.3 Å². The van der Waals surface area contributed by atoms with Crippen molar-refractivity contribution in [3.8, 4) is 6.07 Å². The molecule has 1 N–H and O–H groups in total. The molecule has 0 saturated carbocycles. The largest absolute Gasteiger partial charge is 0.316 e. The molecule has 1 saturated heterocycles. The number of rotatable bonds is 1. The first-order chi connectivity index (χ1) is 8.28. The van der Waals surface area contributed by atoms with Crippen LogP contribution >= 0.6 is 0 Å². The quantitative estimate of drug-likeness (QED) is 0.794. The van der Waals surface area contributed by atoms with Gasteiger partial charge in [0.2, 0.25) is 0 Å². The summed E-state index contributed by atoms with van der Waals surface area (Å²) < 4.78 is 0. The molecule has 1 aromatic heterocycles. The van der Waals surface area contributed by atoms with E-state index < -0.39 is 0 Å². The molecule has 2 atom stereocenters. The molecule has 1 aromatic rings. The molecule has 1 fully saturated rings. The van der Waals surface area contributed by atoms with Gasteiger partial charge < -0.3 is 5.32 Å². The van der Waals surface area contributed by atoms with Gasteiger partial charge in [-0.2, -0.15) is 5.26 Å². The third-order valence-electron chi connectivity index (χ3n) is 3.87. The Morgan fingerprint density at radius 1 is 1.47 bits per heavy atom. The van der Waals surface area contributed by atoms with Crippen molar-refractivity contribution in [3.63, 3.8) is 0 Å². The van der Waals surface area contributed by atoms with Gasteiger partial charge in [-0.3, -0.25) is 4.98 Å². The predicted molar refractivity (Wildman–Crippen MR) is 66.1 cm³/mol. The maximum atomic E-state index is 9.03. The van der Waals surface area contributed by atoms with Crippen LogP contribution in [0.1, 0.15) is 23.2 Å². The van der Waals surface area contributed by atoms with Crippen molar-refractivity contribution in [1.29, 1.82) is 5.26 Å². The summed E-state index contributed by atoms with van der Waals surface area (Å²) in [7, 11) is 0. The molecule has 2 heterocycles. The molecule has 0 aromatic carbocycles. The van der Waals surface area contributed by atoms with Crippen LogP contribution in [0.2, 0.25) is 0 Å². The molecule has 3 nitrogen and oxygen atoms in total. The second-order valence-electron chi connectivity index (χ2n) is 4.95. The Bertz CT molecular complexity index is 525. The molecule has 0 amide bonds. The van der Waals surface area contributed by atoms with Crippen molar-refractivity contribution < 1.29 is 0 Å². The van der Waals surface area contributed by atoms with Crippen molar-refractivity contribution >= 4 is 5.57 Å². The van der Waals surface area contributed by atoms with Crippen LogP contribution in [-0.4, -0.2) is 18.1 Å². The molecule has 3 heteroatoms.